The first kappa shape index (κ1) is 29.8. The number of phenolic OH excluding ortho intramolecular Hbond substituents is 2. The van der Waals surface area contributed by atoms with Gasteiger partial charge in [0.25, 0.3) is 11.8 Å². The number of amides is 2. The summed E-state index contributed by atoms with van der Waals surface area (Å²) in [5.41, 5.74) is 8.81. The Morgan fingerprint density at radius 2 is 1.02 bits per heavy atom. The monoisotopic (exact) mass is 640 g/mol. The van der Waals surface area contributed by atoms with E-state index in [2.05, 4.69) is 43.4 Å². The van der Waals surface area contributed by atoms with E-state index in [4.69, 9.17) is 0 Å². The van der Waals surface area contributed by atoms with Gasteiger partial charge in [0, 0.05) is 68.5 Å². The number of benzene rings is 4. The first-order valence-corrected chi connectivity index (χ1v) is 16.3. The molecule has 2 aliphatic rings. The predicted molar refractivity (Wildman–Crippen MR) is 184 cm³/mol. The van der Waals surface area contributed by atoms with Crippen molar-refractivity contribution in [1.29, 1.82) is 0 Å². The fraction of sp³-hybridized carbons (Fsp3) is 0.211. The first-order valence-electron chi connectivity index (χ1n) is 16.3. The molecule has 0 fully saturated rings. The Hall–Kier alpha value is -5.58. The Morgan fingerprint density at radius 3 is 1.48 bits per heavy atom. The van der Waals surface area contributed by atoms with Crippen molar-refractivity contribution in [2.75, 3.05) is 13.1 Å². The second kappa shape index (κ2) is 12.2. The summed E-state index contributed by atoms with van der Waals surface area (Å²) in [5.74, 6) is 0.00635. The number of carbonyl (C=O) groups is 2. The van der Waals surface area contributed by atoms with Gasteiger partial charge in [0.05, 0.1) is 12.1 Å². The number of rotatable bonds is 11. The predicted octanol–water partition coefficient (Wildman–Crippen LogP) is 5.39. The lowest BCUT2D eigenvalue weighted by molar-refractivity contribution is 0.0952. The van der Waals surface area contributed by atoms with E-state index in [9.17, 15) is 19.8 Å². The first-order chi connectivity index (χ1) is 23.5. The highest BCUT2D eigenvalue weighted by molar-refractivity contribution is 6.02. The summed E-state index contributed by atoms with van der Waals surface area (Å²) < 4.78 is 0. The average molecular weight is 641 g/mol. The lowest BCUT2D eigenvalue weighted by Gasteiger charge is -2.15. The number of carbonyl (C=O) groups excluding carboxylic acids is 2. The Balaban J connectivity index is 0.899. The zero-order chi connectivity index (χ0) is 32.8. The van der Waals surface area contributed by atoms with Crippen LogP contribution in [0.2, 0.25) is 0 Å². The number of phenols is 2. The second-order valence-corrected chi connectivity index (χ2v) is 12.5. The topological polar surface area (TPSA) is 154 Å². The summed E-state index contributed by atoms with van der Waals surface area (Å²) in [6, 6.07) is 25.3. The standard InChI is InChI=1S/C38H36N6O4/c45-21-11-13-23-27(17-21)35(43-37(23)47)33-25-7-1-3-9-29(25)41-31(33)19-39-15-5-6-16-40-20-32-34(26-8-2-4-10-30(26)42-32)36-28-18-22(46)12-14-24(28)38(48)44-36/h1-4,7-14,17-18,35-36,39-42,45-46H,5-6,15-16,19-20H2,(H,43,47)(H,44,48). The molecule has 2 unspecified atom stereocenters. The molecule has 6 aromatic rings. The normalized spacial score (nSPS) is 16.8. The number of aromatic hydroxyl groups is 2. The Bertz CT molecular complexity index is 2050. The van der Waals surface area contributed by atoms with Crippen LogP contribution < -0.4 is 21.3 Å². The number of hydrogen-bond acceptors (Lipinski definition) is 6. The summed E-state index contributed by atoms with van der Waals surface area (Å²) in [6.45, 7) is 2.86. The molecule has 0 saturated carbocycles. The van der Waals surface area contributed by atoms with Crippen LogP contribution in [0, 0.1) is 0 Å². The van der Waals surface area contributed by atoms with Crippen LogP contribution in [0.25, 0.3) is 21.8 Å². The van der Waals surface area contributed by atoms with E-state index in [1.807, 2.05) is 36.4 Å². The van der Waals surface area contributed by atoms with Crippen LogP contribution in [0.15, 0.2) is 84.9 Å². The number of nitrogens with one attached hydrogen (secondary N) is 6. The number of H-pyrrole nitrogens is 2. The van der Waals surface area contributed by atoms with Crippen LogP contribution >= 0.6 is 0 Å². The summed E-state index contributed by atoms with van der Waals surface area (Å²) >= 11 is 0. The molecule has 10 nitrogen and oxygen atoms in total. The maximum atomic E-state index is 12.8. The molecule has 8 rings (SSSR count). The molecule has 0 radical (unpaired) electrons. The Kier molecular flexibility index (Phi) is 7.59. The minimum absolute atomic E-state index is 0.136. The summed E-state index contributed by atoms with van der Waals surface area (Å²) in [6.07, 6.45) is 1.93. The highest BCUT2D eigenvalue weighted by Crippen LogP contribution is 2.40. The van der Waals surface area contributed by atoms with Crippen LogP contribution in [-0.4, -0.2) is 45.1 Å². The van der Waals surface area contributed by atoms with Gasteiger partial charge in [-0.2, -0.15) is 0 Å². The zero-order valence-corrected chi connectivity index (χ0v) is 26.2. The van der Waals surface area contributed by atoms with Gasteiger partial charge in [-0.25, -0.2) is 0 Å². The van der Waals surface area contributed by atoms with Crippen LogP contribution in [0.5, 0.6) is 11.5 Å². The molecule has 10 heteroatoms. The van der Waals surface area contributed by atoms with Crippen LogP contribution in [-0.2, 0) is 13.1 Å². The molecule has 48 heavy (non-hydrogen) atoms. The van der Waals surface area contributed by atoms with E-state index in [0.29, 0.717) is 24.2 Å². The van der Waals surface area contributed by atoms with Crippen LogP contribution in [0.4, 0.5) is 0 Å². The third-order valence-corrected chi connectivity index (χ3v) is 9.53. The number of para-hydroxylation sites is 2. The Labute approximate surface area is 276 Å². The fourth-order valence-corrected chi connectivity index (χ4v) is 7.32. The second-order valence-electron chi connectivity index (χ2n) is 12.5. The summed E-state index contributed by atoms with van der Waals surface area (Å²) in [4.78, 5) is 32.6. The SMILES string of the molecule is O=C1NC(c2c(CNCCCCNCc3[nH]c4ccccc4c3C3NC(=O)c4ccc(O)cc43)[nH]c3ccccc23)c2cc(O)ccc21. The maximum Gasteiger partial charge on any atom is 0.252 e. The van der Waals surface area contributed by atoms with E-state index in [1.165, 1.54) is 0 Å². The molecule has 2 aromatic heterocycles. The molecule has 0 spiro atoms. The van der Waals surface area contributed by atoms with Gasteiger partial charge in [-0.05, 0) is 85.6 Å². The molecule has 4 aromatic carbocycles. The van der Waals surface area contributed by atoms with Gasteiger partial charge >= 0.3 is 0 Å². The minimum atomic E-state index is -0.344. The van der Waals surface area contributed by atoms with Crippen LogP contribution in [0.1, 0.15) is 79.3 Å². The highest BCUT2D eigenvalue weighted by Gasteiger charge is 2.34. The van der Waals surface area contributed by atoms with E-state index in [0.717, 1.165) is 81.4 Å². The van der Waals surface area contributed by atoms with Gasteiger partial charge in [0.2, 0.25) is 0 Å². The van der Waals surface area contributed by atoms with Gasteiger partial charge in [-0.15, -0.1) is 0 Å². The van der Waals surface area contributed by atoms with Gasteiger partial charge in [0.1, 0.15) is 11.5 Å². The lowest BCUT2D eigenvalue weighted by Crippen LogP contribution is -2.23. The smallest absolute Gasteiger partial charge is 0.252 e. The number of hydrogen-bond donors (Lipinski definition) is 8. The van der Waals surface area contributed by atoms with Crippen molar-refractivity contribution in [3.05, 3.63) is 130 Å². The van der Waals surface area contributed by atoms with Crippen molar-refractivity contribution in [3.8, 4) is 11.5 Å². The van der Waals surface area contributed by atoms with Crippen molar-refractivity contribution < 1.29 is 19.8 Å². The largest absolute Gasteiger partial charge is 0.508 e. The van der Waals surface area contributed by atoms with Gasteiger partial charge in [0.15, 0.2) is 0 Å². The van der Waals surface area contributed by atoms with Gasteiger partial charge in [-0.3, -0.25) is 9.59 Å². The molecule has 242 valence electrons. The number of fused-ring (bicyclic) bond motifs is 4. The van der Waals surface area contributed by atoms with Gasteiger partial charge in [-0.1, -0.05) is 36.4 Å². The molecule has 2 aliphatic heterocycles. The van der Waals surface area contributed by atoms with Crippen molar-refractivity contribution in [2.45, 2.75) is 38.0 Å². The number of unbranched alkanes of at least 4 members (excludes halogenated alkanes) is 1. The van der Waals surface area contributed by atoms with Gasteiger partial charge < -0.3 is 41.4 Å². The zero-order valence-electron chi connectivity index (χ0n) is 26.2. The summed E-state index contributed by atoms with van der Waals surface area (Å²) in [7, 11) is 0. The molecule has 0 aliphatic carbocycles. The van der Waals surface area contributed by atoms with Crippen molar-refractivity contribution in [3.63, 3.8) is 0 Å². The molecule has 0 saturated heterocycles. The molecular weight excluding hydrogens is 604 g/mol. The molecule has 0 bridgehead atoms. The van der Waals surface area contributed by atoms with E-state index >= 15 is 0 Å². The quantitative estimate of drug-likeness (QED) is 0.0890. The minimum Gasteiger partial charge on any atom is -0.508 e. The number of aromatic amines is 2. The average Bonchev–Trinajstić information content (AvgIpc) is 3.82. The van der Waals surface area contributed by atoms with Crippen molar-refractivity contribution in [1.82, 2.24) is 31.2 Å². The van der Waals surface area contributed by atoms with Crippen molar-refractivity contribution >= 4 is 33.6 Å². The highest BCUT2D eigenvalue weighted by atomic mass is 16.3. The van der Waals surface area contributed by atoms with Crippen molar-refractivity contribution in [2.24, 2.45) is 0 Å². The third-order valence-electron chi connectivity index (χ3n) is 9.53. The molecular formula is C38H36N6O4. The molecule has 2 atom stereocenters. The fourth-order valence-electron chi connectivity index (χ4n) is 7.32. The lowest BCUT2D eigenvalue weighted by atomic mass is 9.95. The van der Waals surface area contributed by atoms with E-state index < -0.39 is 0 Å². The molecule has 2 amide bonds. The number of aromatic nitrogens is 2. The maximum absolute atomic E-state index is 12.8. The molecule has 8 N–H and O–H groups in total. The third kappa shape index (κ3) is 5.25. The van der Waals surface area contributed by atoms with Crippen LogP contribution in [0.3, 0.4) is 0 Å². The van der Waals surface area contributed by atoms with E-state index in [1.54, 1.807) is 36.4 Å². The Morgan fingerprint density at radius 1 is 0.583 bits per heavy atom. The van der Waals surface area contributed by atoms with E-state index in [-0.39, 0.29) is 35.4 Å². The summed E-state index contributed by atoms with van der Waals surface area (Å²) in [5, 5.41) is 35.8. The molecule has 4 heterocycles.